The first-order valence-corrected chi connectivity index (χ1v) is 13.5. The van der Waals surface area contributed by atoms with Crippen LogP contribution < -0.4 is 15.4 Å². The average molecular weight is 500 g/mol. The number of amidine groups is 1. The van der Waals surface area contributed by atoms with Crippen molar-refractivity contribution in [1.29, 1.82) is 0 Å². The summed E-state index contributed by atoms with van der Waals surface area (Å²) in [6, 6.07) is 19.3. The number of fused-ring (bicyclic) bond motifs is 1. The molecule has 2 fully saturated rings. The van der Waals surface area contributed by atoms with E-state index >= 15 is 0 Å². The van der Waals surface area contributed by atoms with Gasteiger partial charge in [0.2, 0.25) is 0 Å². The summed E-state index contributed by atoms with van der Waals surface area (Å²) in [7, 11) is 2.10. The topological polar surface area (TPSA) is 79.2 Å². The van der Waals surface area contributed by atoms with Crippen LogP contribution in [0.2, 0.25) is 0 Å². The maximum atomic E-state index is 9.70. The van der Waals surface area contributed by atoms with Gasteiger partial charge in [-0.2, -0.15) is 0 Å². The van der Waals surface area contributed by atoms with Crippen LogP contribution in [0.3, 0.4) is 0 Å². The highest BCUT2D eigenvalue weighted by atomic mass is 16.5. The Morgan fingerprint density at radius 1 is 1.11 bits per heavy atom. The molecule has 1 saturated heterocycles. The fourth-order valence-corrected chi connectivity index (χ4v) is 6.23. The molecule has 1 aromatic heterocycles. The highest BCUT2D eigenvalue weighted by Crippen LogP contribution is 2.45. The Bertz CT molecular complexity index is 1260. The van der Waals surface area contributed by atoms with E-state index in [1.54, 1.807) is 0 Å². The number of hydrogen-bond acceptors (Lipinski definition) is 6. The molecule has 3 aromatic rings. The Kier molecular flexibility index (Phi) is 6.65. The second-order valence-electron chi connectivity index (χ2n) is 10.8. The molecule has 2 aliphatic heterocycles. The maximum absolute atomic E-state index is 9.70. The molecule has 1 atom stereocenters. The molecule has 0 spiro atoms. The van der Waals surface area contributed by atoms with Crippen molar-refractivity contribution in [3.05, 3.63) is 71.9 Å². The third-order valence-electron chi connectivity index (χ3n) is 8.28. The van der Waals surface area contributed by atoms with Crippen LogP contribution in [0.1, 0.15) is 42.9 Å². The molecular formula is C30H37N5O2. The Hall–Kier alpha value is -3.29. The Morgan fingerprint density at radius 2 is 1.95 bits per heavy atom. The zero-order valence-electron chi connectivity index (χ0n) is 21.6. The highest BCUT2D eigenvalue weighted by molar-refractivity contribution is 6.09. The van der Waals surface area contributed by atoms with Gasteiger partial charge < -0.3 is 25.0 Å². The smallest absolute Gasteiger partial charge is 0.132 e. The van der Waals surface area contributed by atoms with Crippen molar-refractivity contribution >= 4 is 11.7 Å². The van der Waals surface area contributed by atoms with E-state index in [1.165, 1.54) is 6.42 Å². The zero-order chi connectivity index (χ0) is 25.4. The van der Waals surface area contributed by atoms with Gasteiger partial charge in [0.05, 0.1) is 12.2 Å². The van der Waals surface area contributed by atoms with Crippen molar-refractivity contribution in [2.45, 2.75) is 44.4 Å². The van der Waals surface area contributed by atoms with E-state index in [1.807, 2.05) is 30.3 Å². The molecule has 0 bridgehead atoms. The van der Waals surface area contributed by atoms with Crippen molar-refractivity contribution in [1.82, 2.24) is 9.47 Å². The minimum atomic E-state index is 0.280. The van der Waals surface area contributed by atoms with Gasteiger partial charge in [0.25, 0.3) is 0 Å². The summed E-state index contributed by atoms with van der Waals surface area (Å²) in [4.78, 5) is 9.30. The summed E-state index contributed by atoms with van der Waals surface area (Å²) in [5, 5.41) is 9.70. The average Bonchev–Trinajstić information content (AvgIpc) is 3.53. The molecule has 3 aliphatic rings. The molecule has 1 aliphatic carbocycles. The first kappa shape index (κ1) is 24.1. The first-order chi connectivity index (χ1) is 18.1. The number of nitrogens with zero attached hydrogens (tertiary/aromatic N) is 4. The van der Waals surface area contributed by atoms with Crippen LogP contribution in [-0.4, -0.2) is 59.9 Å². The molecule has 0 amide bonds. The number of aliphatic hydroxyl groups is 1. The lowest BCUT2D eigenvalue weighted by atomic mass is 9.79. The van der Waals surface area contributed by atoms with E-state index < -0.39 is 0 Å². The number of likely N-dealkylation sites (tertiary alicyclic amines) is 1. The van der Waals surface area contributed by atoms with E-state index in [4.69, 9.17) is 10.5 Å². The molecular weight excluding hydrogens is 462 g/mol. The normalized spacial score (nSPS) is 23.5. The van der Waals surface area contributed by atoms with Crippen LogP contribution in [0, 0.1) is 5.92 Å². The van der Waals surface area contributed by atoms with Crippen LogP contribution in [0.25, 0.3) is 11.1 Å². The first-order valence-electron chi connectivity index (χ1n) is 13.5. The number of rotatable bonds is 8. The molecule has 3 N–H and O–H groups in total. The maximum Gasteiger partial charge on any atom is 0.132 e. The summed E-state index contributed by atoms with van der Waals surface area (Å²) in [5.41, 5.74) is 10.9. The Balaban J connectivity index is 1.24. The van der Waals surface area contributed by atoms with Crippen LogP contribution in [0.4, 0.5) is 5.82 Å². The lowest BCUT2D eigenvalue weighted by Gasteiger charge is -2.41. The van der Waals surface area contributed by atoms with E-state index in [0.717, 1.165) is 66.2 Å². The second-order valence-corrected chi connectivity index (χ2v) is 10.8. The number of hydrogen-bond donors (Lipinski definition) is 2. The molecule has 0 radical (unpaired) electrons. The van der Waals surface area contributed by atoms with Gasteiger partial charge >= 0.3 is 0 Å². The van der Waals surface area contributed by atoms with E-state index in [9.17, 15) is 5.11 Å². The predicted octanol–water partition coefficient (Wildman–Crippen LogP) is 4.25. The predicted molar refractivity (Wildman–Crippen MR) is 148 cm³/mol. The Morgan fingerprint density at radius 3 is 2.76 bits per heavy atom. The molecule has 3 heterocycles. The molecule has 0 unspecified atom stereocenters. The Labute approximate surface area is 219 Å². The van der Waals surface area contributed by atoms with Crippen molar-refractivity contribution < 1.29 is 9.84 Å². The minimum absolute atomic E-state index is 0.280. The zero-order valence-corrected chi connectivity index (χ0v) is 21.6. The van der Waals surface area contributed by atoms with Gasteiger partial charge in [-0.25, -0.2) is 4.99 Å². The number of benzene rings is 2. The number of aromatic nitrogens is 1. The van der Waals surface area contributed by atoms with Crippen molar-refractivity contribution in [2.24, 2.45) is 16.6 Å². The largest absolute Gasteiger partial charge is 0.489 e. The summed E-state index contributed by atoms with van der Waals surface area (Å²) >= 11 is 0. The molecule has 7 heteroatoms. The van der Waals surface area contributed by atoms with Crippen LogP contribution in [0.5, 0.6) is 5.75 Å². The molecule has 2 aromatic carbocycles. The molecule has 37 heavy (non-hydrogen) atoms. The molecule has 194 valence electrons. The van der Waals surface area contributed by atoms with Crippen molar-refractivity contribution in [3.8, 4) is 16.9 Å². The number of aliphatic imine (C=N–C) groups is 1. The van der Waals surface area contributed by atoms with Crippen molar-refractivity contribution in [2.75, 3.05) is 38.3 Å². The number of anilines is 1. The van der Waals surface area contributed by atoms with Gasteiger partial charge in [-0.3, -0.25) is 4.90 Å². The summed E-state index contributed by atoms with van der Waals surface area (Å²) in [6.07, 6.45) is 6.91. The number of aliphatic hydroxyl groups excluding tert-OH is 1. The molecule has 1 saturated carbocycles. The lowest BCUT2D eigenvalue weighted by Crippen LogP contribution is -2.41. The van der Waals surface area contributed by atoms with Gasteiger partial charge in [0.1, 0.15) is 30.7 Å². The lowest BCUT2D eigenvalue weighted by molar-refractivity contribution is 0.0963. The van der Waals surface area contributed by atoms with Gasteiger partial charge in [0.15, 0.2) is 0 Å². The monoisotopic (exact) mass is 499 g/mol. The van der Waals surface area contributed by atoms with Gasteiger partial charge in [-0.05, 0) is 61.4 Å². The van der Waals surface area contributed by atoms with E-state index in [0.29, 0.717) is 37.1 Å². The molecule has 6 rings (SSSR count). The van der Waals surface area contributed by atoms with Crippen LogP contribution >= 0.6 is 0 Å². The second kappa shape index (κ2) is 10.2. The van der Waals surface area contributed by atoms with Crippen LogP contribution in [0.15, 0.2) is 65.8 Å². The summed E-state index contributed by atoms with van der Waals surface area (Å²) < 4.78 is 8.57. The number of ether oxygens (including phenoxy) is 1. The van der Waals surface area contributed by atoms with Gasteiger partial charge in [0, 0.05) is 37.4 Å². The standard InChI is InChI=1S/C30H37N5O2/c1-33-20-32-29(31)28-27(23-9-5-11-26(15-23)37-19-21-7-3-2-4-8-21)17-35(30(28)33)25-13-22(14-25)16-34-12-6-10-24(34)18-36/h2-5,7-9,11,15,17,22,24-25,36H,6,10,12-14,16,18-20H2,1H3,(H2,31,32)/t22-,24-,25+/m1/s1. The van der Waals surface area contributed by atoms with Crippen LogP contribution in [-0.2, 0) is 6.61 Å². The summed E-state index contributed by atoms with van der Waals surface area (Å²) in [5.74, 6) is 3.29. The highest BCUT2D eigenvalue weighted by Gasteiger charge is 2.37. The third kappa shape index (κ3) is 4.74. The quantitative estimate of drug-likeness (QED) is 0.484. The number of nitrogens with two attached hydrogens (primary N) is 1. The van der Waals surface area contributed by atoms with Crippen molar-refractivity contribution in [3.63, 3.8) is 0 Å². The molecule has 7 nitrogen and oxygen atoms in total. The minimum Gasteiger partial charge on any atom is -0.489 e. The fourth-order valence-electron chi connectivity index (χ4n) is 6.23. The SMILES string of the molecule is CN1CN=C(N)c2c(-c3cccc(OCc4ccccc4)c3)cn([C@H]3C[C@@H](CN4CCC[C@@H]4CO)C3)c21. The fraction of sp³-hybridized carbons (Fsp3) is 0.433. The van der Waals surface area contributed by atoms with Gasteiger partial charge in [-0.1, -0.05) is 42.5 Å². The van der Waals surface area contributed by atoms with E-state index in [2.05, 4.69) is 56.9 Å². The summed E-state index contributed by atoms with van der Waals surface area (Å²) in [6.45, 7) is 3.60. The van der Waals surface area contributed by atoms with E-state index in [-0.39, 0.29) is 6.61 Å². The third-order valence-corrected chi connectivity index (χ3v) is 8.28. The van der Waals surface area contributed by atoms with Gasteiger partial charge in [-0.15, -0.1) is 0 Å².